The lowest BCUT2D eigenvalue weighted by Gasteiger charge is -1.96. The third kappa shape index (κ3) is 4.65. The number of allylic oxidation sites excluding steroid dienone is 2. The number of thioether (sulfide) groups is 1. The van der Waals surface area contributed by atoms with Crippen LogP contribution < -0.4 is 0 Å². The van der Waals surface area contributed by atoms with Crippen LogP contribution in [0.1, 0.15) is 20.3 Å². The molecule has 10 heavy (non-hydrogen) atoms. The predicted octanol–water partition coefficient (Wildman–Crippen LogP) is 2.54. The van der Waals surface area contributed by atoms with Gasteiger partial charge >= 0.3 is 0 Å². The Morgan fingerprint density at radius 3 is 2.70 bits per heavy atom. The van der Waals surface area contributed by atoms with Gasteiger partial charge in [0.1, 0.15) is 0 Å². The molecular weight excluding hydrogens is 144 g/mol. The minimum absolute atomic E-state index is 0.156. The van der Waals surface area contributed by atoms with Crippen LogP contribution in [0.3, 0.4) is 0 Å². The van der Waals surface area contributed by atoms with Gasteiger partial charge in [-0.25, -0.2) is 0 Å². The first-order valence-electron chi connectivity index (χ1n) is 3.42. The summed E-state index contributed by atoms with van der Waals surface area (Å²) >= 11 is 1.58. The van der Waals surface area contributed by atoms with E-state index in [0.29, 0.717) is 0 Å². The molecule has 0 unspecified atom stereocenters. The van der Waals surface area contributed by atoms with Crippen molar-refractivity contribution in [2.45, 2.75) is 20.3 Å². The lowest BCUT2D eigenvalue weighted by molar-refractivity contribution is 0.339. The minimum atomic E-state index is 0.156. The van der Waals surface area contributed by atoms with Gasteiger partial charge in [-0.1, -0.05) is 19.1 Å². The van der Waals surface area contributed by atoms with Gasteiger partial charge in [0.05, 0.1) is 6.61 Å². The fourth-order valence-electron chi connectivity index (χ4n) is 0.533. The van der Waals surface area contributed by atoms with Crippen LogP contribution in [-0.4, -0.2) is 11.7 Å². The third-order valence-corrected chi connectivity index (χ3v) is 1.95. The van der Waals surface area contributed by atoms with E-state index in [1.54, 1.807) is 11.8 Å². The van der Waals surface area contributed by atoms with Gasteiger partial charge in [-0.3, -0.25) is 0 Å². The molecule has 0 amide bonds. The monoisotopic (exact) mass is 158 g/mol. The highest BCUT2D eigenvalue weighted by Gasteiger charge is 1.89. The first kappa shape index (κ1) is 9.79. The van der Waals surface area contributed by atoms with Gasteiger partial charge in [0.15, 0.2) is 0 Å². The van der Waals surface area contributed by atoms with Gasteiger partial charge in [0, 0.05) is 4.91 Å². The largest absolute Gasteiger partial charge is 0.391 e. The molecule has 0 aromatic rings. The highest BCUT2D eigenvalue weighted by Crippen LogP contribution is 2.16. The van der Waals surface area contributed by atoms with E-state index in [2.05, 4.69) is 6.92 Å². The SMILES string of the molecule is C/C=C\S/C(=C/CC)CO. The molecule has 58 valence electrons. The fraction of sp³-hybridized carbons (Fsp3) is 0.500. The van der Waals surface area contributed by atoms with Crippen LogP contribution in [0, 0.1) is 0 Å². The van der Waals surface area contributed by atoms with Crippen molar-refractivity contribution in [3.63, 3.8) is 0 Å². The normalized spacial score (nSPS) is 12.9. The summed E-state index contributed by atoms with van der Waals surface area (Å²) < 4.78 is 0. The summed E-state index contributed by atoms with van der Waals surface area (Å²) in [7, 11) is 0. The summed E-state index contributed by atoms with van der Waals surface area (Å²) in [4.78, 5) is 1.03. The van der Waals surface area contributed by atoms with Gasteiger partial charge in [-0.2, -0.15) is 0 Å². The average molecular weight is 158 g/mol. The summed E-state index contributed by atoms with van der Waals surface area (Å²) in [5, 5.41) is 10.7. The molecule has 0 aliphatic heterocycles. The van der Waals surface area contributed by atoms with Crippen molar-refractivity contribution in [2.24, 2.45) is 0 Å². The van der Waals surface area contributed by atoms with Crippen molar-refractivity contribution in [1.29, 1.82) is 0 Å². The van der Waals surface area contributed by atoms with E-state index in [1.807, 2.05) is 24.5 Å². The molecule has 0 aliphatic rings. The lowest BCUT2D eigenvalue weighted by atomic mass is 10.4. The first-order valence-corrected chi connectivity index (χ1v) is 4.30. The highest BCUT2D eigenvalue weighted by molar-refractivity contribution is 8.05. The molecule has 0 atom stereocenters. The molecule has 0 rings (SSSR count). The molecule has 1 nitrogen and oxygen atoms in total. The molecular formula is C8H14OS. The van der Waals surface area contributed by atoms with E-state index in [-0.39, 0.29) is 6.61 Å². The third-order valence-electron chi connectivity index (χ3n) is 0.943. The Morgan fingerprint density at radius 1 is 1.60 bits per heavy atom. The van der Waals surface area contributed by atoms with E-state index in [1.165, 1.54) is 0 Å². The van der Waals surface area contributed by atoms with Gasteiger partial charge in [-0.05, 0) is 18.8 Å². The Morgan fingerprint density at radius 2 is 2.30 bits per heavy atom. The van der Waals surface area contributed by atoms with Crippen molar-refractivity contribution in [3.8, 4) is 0 Å². The Kier molecular flexibility index (Phi) is 6.76. The van der Waals surface area contributed by atoms with E-state index < -0.39 is 0 Å². The van der Waals surface area contributed by atoms with Crippen LogP contribution in [0.5, 0.6) is 0 Å². The molecule has 1 N–H and O–H groups in total. The van der Waals surface area contributed by atoms with Crippen LogP contribution in [0.2, 0.25) is 0 Å². The first-order chi connectivity index (χ1) is 4.85. The quantitative estimate of drug-likeness (QED) is 0.678. The Labute approximate surface area is 66.8 Å². The van der Waals surface area contributed by atoms with Crippen LogP contribution in [-0.2, 0) is 0 Å². The Balaban J connectivity index is 3.71. The molecule has 0 saturated carbocycles. The van der Waals surface area contributed by atoms with E-state index in [9.17, 15) is 0 Å². The van der Waals surface area contributed by atoms with Crippen molar-refractivity contribution in [2.75, 3.05) is 6.61 Å². The molecule has 0 spiro atoms. The molecule has 0 radical (unpaired) electrons. The molecule has 0 aromatic heterocycles. The number of rotatable bonds is 4. The second kappa shape index (κ2) is 6.90. The van der Waals surface area contributed by atoms with Crippen LogP contribution in [0.4, 0.5) is 0 Å². The summed E-state index contributed by atoms with van der Waals surface area (Å²) in [5.41, 5.74) is 0. The zero-order valence-electron chi connectivity index (χ0n) is 6.50. The van der Waals surface area contributed by atoms with Crippen molar-refractivity contribution < 1.29 is 5.11 Å². The molecule has 0 fully saturated rings. The minimum Gasteiger partial charge on any atom is -0.391 e. The number of hydrogen-bond acceptors (Lipinski definition) is 2. The number of aliphatic hydroxyl groups excluding tert-OH is 1. The molecule has 0 aliphatic carbocycles. The van der Waals surface area contributed by atoms with Crippen LogP contribution in [0.25, 0.3) is 0 Å². The standard InChI is InChI=1S/C8H14OS/c1-3-5-8(7-9)10-6-4-2/h4-6,9H,3,7H2,1-2H3/b6-4-,8-5+. The maximum atomic E-state index is 8.76. The van der Waals surface area contributed by atoms with E-state index in [4.69, 9.17) is 5.11 Å². The summed E-state index contributed by atoms with van der Waals surface area (Å²) in [6, 6.07) is 0. The zero-order valence-corrected chi connectivity index (χ0v) is 7.32. The Hall–Kier alpha value is -0.210. The second-order valence-electron chi connectivity index (χ2n) is 1.82. The Bertz CT molecular complexity index is 127. The zero-order chi connectivity index (χ0) is 7.82. The molecule has 0 aromatic carbocycles. The number of aliphatic hydroxyl groups is 1. The van der Waals surface area contributed by atoms with Gasteiger partial charge < -0.3 is 5.11 Å². The van der Waals surface area contributed by atoms with Gasteiger partial charge in [-0.15, -0.1) is 11.8 Å². The molecule has 0 bridgehead atoms. The molecule has 0 saturated heterocycles. The highest BCUT2D eigenvalue weighted by atomic mass is 32.2. The van der Waals surface area contributed by atoms with Gasteiger partial charge in [0.2, 0.25) is 0 Å². The van der Waals surface area contributed by atoms with Crippen molar-refractivity contribution >= 4 is 11.8 Å². The second-order valence-corrected chi connectivity index (χ2v) is 2.86. The van der Waals surface area contributed by atoms with Gasteiger partial charge in [0.25, 0.3) is 0 Å². The topological polar surface area (TPSA) is 20.2 Å². The number of hydrogen-bond donors (Lipinski definition) is 1. The van der Waals surface area contributed by atoms with Crippen LogP contribution >= 0.6 is 11.8 Å². The van der Waals surface area contributed by atoms with Crippen molar-refractivity contribution in [3.05, 3.63) is 22.5 Å². The summed E-state index contributed by atoms with van der Waals surface area (Å²) in [6.07, 6.45) is 4.98. The van der Waals surface area contributed by atoms with E-state index in [0.717, 1.165) is 11.3 Å². The lowest BCUT2D eigenvalue weighted by Crippen LogP contribution is -1.82. The maximum Gasteiger partial charge on any atom is 0.0740 e. The van der Waals surface area contributed by atoms with Crippen molar-refractivity contribution in [1.82, 2.24) is 0 Å². The smallest absolute Gasteiger partial charge is 0.0740 e. The molecule has 2 heteroatoms. The fourth-order valence-corrected chi connectivity index (χ4v) is 1.18. The predicted molar refractivity (Wildman–Crippen MR) is 47.9 cm³/mol. The maximum absolute atomic E-state index is 8.76. The summed E-state index contributed by atoms with van der Waals surface area (Å²) in [6.45, 7) is 4.18. The van der Waals surface area contributed by atoms with E-state index >= 15 is 0 Å². The van der Waals surface area contributed by atoms with Crippen LogP contribution in [0.15, 0.2) is 22.5 Å². The summed E-state index contributed by atoms with van der Waals surface area (Å²) in [5.74, 6) is 0. The molecule has 0 heterocycles. The average Bonchev–Trinajstić information content (AvgIpc) is 1.98.